The lowest BCUT2D eigenvalue weighted by Crippen LogP contribution is -2.49. The van der Waals surface area contributed by atoms with Crippen LogP contribution in [0.15, 0.2) is 0 Å². The molecule has 8 heteroatoms. The van der Waals surface area contributed by atoms with E-state index in [4.69, 9.17) is 27.9 Å². The predicted molar refractivity (Wildman–Crippen MR) is 72.0 cm³/mol. The maximum Gasteiger partial charge on any atom is 0.246 e. The van der Waals surface area contributed by atoms with E-state index >= 15 is 0 Å². The molecular formula is C11H12Cl2N4O2. The first-order valence-electron chi connectivity index (χ1n) is 5.92. The van der Waals surface area contributed by atoms with Crippen LogP contribution in [0.25, 0.3) is 0 Å². The third-order valence-electron chi connectivity index (χ3n) is 3.43. The first-order valence-corrected chi connectivity index (χ1v) is 6.67. The second-order valence-corrected chi connectivity index (χ2v) is 5.25. The summed E-state index contributed by atoms with van der Waals surface area (Å²) in [5, 5.41) is 0.268. The second kappa shape index (κ2) is 4.77. The Morgan fingerprint density at radius 3 is 2.84 bits per heavy atom. The van der Waals surface area contributed by atoms with Crippen molar-refractivity contribution < 1.29 is 9.53 Å². The van der Waals surface area contributed by atoms with Crippen LogP contribution in [-0.4, -0.2) is 48.7 Å². The van der Waals surface area contributed by atoms with Crippen LogP contribution in [-0.2, 0) is 9.53 Å². The van der Waals surface area contributed by atoms with Gasteiger partial charge in [0.1, 0.15) is 5.69 Å². The molecule has 3 heterocycles. The SMILES string of the molecule is CN1C(=O)CN([C@@H]2CCOC2)c2nc(Cl)nc(Cl)c21. The highest BCUT2D eigenvalue weighted by molar-refractivity contribution is 6.35. The molecule has 0 N–H and O–H groups in total. The van der Waals surface area contributed by atoms with Gasteiger partial charge in [-0.1, -0.05) is 11.6 Å². The van der Waals surface area contributed by atoms with Crippen LogP contribution < -0.4 is 9.80 Å². The molecule has 0 aromatic carbocycles. The van der Waals surface area contributed by atoms with Gasteiger partial charge in [-0.25, -0.2) is 4.98 Å². The minimum Gasteiger partial charge on any atom is -0.379 e. The Bertz CT molecular complexity index is 534. The molecule has 2 aliphatic rings. The number of nitrogens with zero attached hydrogens (tertiary/aromatic N) is 4. The number of ether oxygens (including phenoxy) is 1. The van der Waals surface area contributed by atoms with Gasteiger partial charge >= 0.3 is 0 Å². The van der Waals surface area contributed by atoms with Crippen LogP contribution in [0.2, 0.25) is 10.4 Å². The molecule has 0 aliphatic carbocycles. The van der Waals surface area contributed by atoms with Gasteiger partial charge in [0.25, 0.3) is 0 Å². The predicted octanol–water partition coefficient (Wildman–Crippen LogP) is 1.36. The molecule has 102 valence electrons. The van der Waals surface area contributed by atoms with Crippen molar-refractivity contribution in [2.45, 2.75) is 12.5 Å². The number of likely N-dealkylation sites (N-methyl/N-ethyl adjacent to an activating group) is 1. The Hall–Kier alpha value is -1.11. The maximum absolute atomic E-state index is 12.1. The molecule has 1 saturated heterocycles. The van der Waals surface area contributed by atoms with E-state index < -0.39 is 0 Å². The van der Waals surface area contributed by atoms with Crippen LogP contribution in [0, 0.1) is 0 Å². The zero-order valence-electron chi connectivity index (χ0n) is 10.3. The molecule has 19 heavy (non-hydrogen) atoms. The second-order valence-electron chi connectivity index (χ2n) is 4.55. The lowest BCUT2D eigenvalue weighted by Gasteiger charge is -2.37. The number of aromatic nitrogens is 2. The Labute approximate surface area is 120 Å². The van der Waals surface area contributed by atoms with E-state index in [0.29, 0.717) is 24.7 Å². The van der Waals surface area contributed by atoms with Gasteiger partial charge in [0.05, 0.1) is 19.2 Å². The zero-order chi connectivity index (χ0) is 13.6. The summed E-state index contributed by atoms with van der Waals surface area (Å²) in [6.07, 6.45) is 0.857. The summed E-state index contributed by atoms with van der Waals surface area (Å²) in [6.45, 7) is 1.52. The third kappa shape index (κ3) is 2.13. The molecule has 0 radical (unpaired) electrons. The van der Waals surface area contributed by atoms with E-state index in [-0.39, 0.29) is 28.9 Å². The summed E-state index contributed by atoms with van der Waals surface area (Å²) in [5.41, 5.74) is 0.509. The standard InChI is InChI=1S/C11H12Cl2N4O2/c1-16-7(18)4-17(6-2-3-19-5-6)10-8(16)9(12)14-11(13)15-10/h6H,2-5H2,1H3/t6-/m1/s1. The van der Waals surface area contributed by atoms with Gasteiger partial charge in [0.15, 0.2) is 11.0 Å². The van der Waals surface area contributed by atoms with Gasteiger partial charge in [-0.3, -0.25) is 4.79 Å². The average molecular weight is 303 g/mol. The van der Waals surface area contributed by atoms with E-state index in [1.54, 1.807) is 7.05 Å². The zero-order valence-corrected chi connectivity index (χ0v) is 11.8. The topological polar surface area (TPSA) is 58.6 Å². The molecule has 0 unspecified atom stereocenters. The number of fused-ring (bicyclic) bond motifs is 1. The van der Waals surface area contributed by atoms with Crippen LogP contribution in [0.3, 0.4) is 0 Å². The normalized spacial score (nSPS) is 22.9. The number of halogens is 2. The number of hydrogen-bond donors (Lipinski definition) is 0. The lowest BCUT2D eigenvalue weighted by atomic mass is 10.1. The number of carbonyl (C=O) groups excluding carboxylic acids is 1. The highest BCUT2D eigenvalue weighted by Gasteiger charge is 2.36. The summed E-state index contributed by atoms with van der Waals surface area (Å²) in [4.78, 5) is 23.6. The average Bonchev–Trinajstić information content (AvgIpc) is 2.86. The monoisotopic (exact) mass is 302 g/mol. The minimum absolute atomic E-state index is 0.0489. The number of carbonyl (C=O) groups is 1. The van der Waals surface area contributed by atoms with Crippen LogP contribution in [0.5, 0.6) is 0 Å². The largest absolute Gasteiger partial charge is 0.379 e. The molecule has 1 amide bonds. The summed E-state index contributed by atoms with van der Waals surface area (Å²) < 4.78 is 5.37. The van der Waals surface area contributed by atoms with Crippen molar-refractivity contribution in [1.29, 1.82) is 0 Å². The quantitative estimate of drug-likeness (QED) is 0.579. The lowest BCUT2D eigenvalue weighted by molar-refractivity contribution is -0.117. The molecule has 2 aliphatic heterocycles. The molecule has 1 aromatic rings. The molecule has 1 atom stereocenters. The fraction of sp³-hybridized carbons (Fsp3) is 0.545. The van der Waals surface area contributed by atoms with E-state index in [1.807, 2.05) is 4.90 Å². The molecule has 1 fully saturated rings. The van der Waals surface area contributed by atoms with Gasteiger partial charge in [0.2, 0.25) is 11.2 Å². The fourth-order valence-electron chi connectivity index (χ4n) is 2.40. The van der Waals surface area contributed by atoms with Crippen LogP contribution in [0.1, 0.15) is 6.42 Å². The van der Waals surface area contributed by atoms with Crippen molar-refractivity contribution in [2.75, 3.05) is 36.6 Å². The first kappa shape index (κ1) is 12.9. The minimum atomic E-state index is -0.0489. The first-order chi connectivity index (χ1) is 9.08. The van der Waals surface area contributed by atoms with E-state index in [0.717, 1.165) is 6.42 Å². The number of anilines is 2. The molecular weight excluding hydrogens is 291 g/mol. The van der Waals surface area contributed by atoms with Crippen molar-refractivity contribution in [3.8, 4) is 0 Å². The molecule has 1 aromatic heterocycles. The molecule has 6 nitrogen and oxygen atoms in total. The molecule has 0 spiro atoms. The van der Waals surface area contributed by atoms with Gasteiger partial charge in [0, 0.05) is 13.7 Å². The summed E-state index contributed by atoms with van der Waals surface area (Å²) in [7, 11) is 1.66. The van der Waals surface area contributed by atoms with Crippen molar-refractivity contribution in [3.63, 3.8) is 0 Å². The van der Waals surface area contributed by atoms with Gasteiger partial charge in [-0.2, -0.15) is 4.98 Å². The Morgan fingerprint density at radius 1 is 1.37 bits per heavy atom. The third-order valence-corrected chi connectivity index (χ3v) is 3.86. The van der Waals surface area contributed by atoms with Crippen molar-refractivity contribution in [1.82, 2.24) is 9.97 Å². The van der Waals surface area contributed by atoms with Crippen molar-refractivity contribution in [2.24, 2.45) is 0 Å². The number of hydrogen-bond acceptors (Lipinski definition) is 5. The molecule has 0 saturated carbocycles. The van der Waals surface area contributed by atoms with E-state index in [1.165, 1.54) is 4.90 Å². The van der Waals surface area contributed by atoms with Gasteiger partial charge < -0.3 is 14.5 Å². The number of rotatable bonds is 1. The Kier molecular flexibility index (Phi) is 3.24. The highest BCUT2D eigenvalue weighted by atomic mass is 35.5. The molecule has 3 rings (SSSR count). The summed E-state index contributed by atoms with van der Waals surface area (Å²) in [5.74, 6) is 0.551. The smallest absolute Gasteiger partial charge is 0.246 e. The van der Waals surface area contributed by atoms with E-state index in [9.17, 15) is 4.79 Å². The maximum atomic E-state index is 12.1. The van der Waals surface area contributed by atoms with Crippen molar-refractivity contribution >= 4 is 40.6 Å². The summed E-state index contributed by atoms with van der Waals surface area (Å²) in [6, 6.07) is 0.124. The fourth-order valence-corrected chi connectivity index (χ4v) is 2.90. The van der Waals surface area contributed by atoms with Gasteiger partial charge in [-0.15, -0.1) is 0 Å². The van der Waals surface area contributed by atoms with Gasteiger partial charge in [-0.05, 0) is 18.0 Å². The van der Waals surface area contributed by atoms with Crippen LogP contribution >= 0.6 is 23.2 Å². The Balaban J connectivity index is 2.10. The number of amides is 1. The Morgan fingerprint density at radius 2 is 2.16 bits per heavy atom. The van der Waals surface area contributed by atoms with E-state index in [2.05, 4.69) is 9.97 Å². The molecule has 0 bridgehead atoms. The highest BCUT2D eigenvalue weighted by Crippen LogP contribution is 2.38. The van der Waals surface area contributed by atoms with Crippen molar-refractivity contribution in [3.05, 3.63) is 10.4 Å². The van der Waals surface area contributed by atoms with Crippen LogP contribution in [0.4, 0.5) is 11.5 Å². The summed E-state index contributed by atoms with van der Waals surface area (Å²) >= 11 is 12.0.